The summed E-state index contributed by atoms with van der Waals surface area (Å²) in [6, 6.07) is 8.00. The monoisotopic (exact) mass is 273 g/mol. The minimum Gasteiger partial charge on any atom is -0.432 e. The first-order chi connectivity index (χ1) is 9.47. The summed E-state index contributed by atoms with van der Waals surface area (Å²) in [4.78, 5) is 14.6. The van der Waals surface area contributed by atoms with Crippen LogP contribution in [0.1, 0.15) is 24.1 Å². The number of aromatic nitrogens is 1. The number of pyridine rings is 1. The number of hydrogen-bond acceptors (Lipinski definition) is 5. The van der Waals surface area contributed by atoms with E-state index in [-0.39, 0.29) is 17.5 Å². The molecule has 104 valence electrons. The molecule has 6 nitrogen and oxygen atoms in total. The zero-order valence-electron chi connectivity index (χ0n) is 11.2. The van der Waals surface area contributed by atoms with Gasteiger partial charge in [0.05, 0.1) is 4.92 Å². The first kappa shape index (κ1) is 14.0. The summed E-state index contributed by atoms with van der Waals surface area (Å²) in [6.07, 6.45) is 1.60. The predicted octanol–water partition coefficient (Wildman–Crippen LogP) is 3.11. The van der Waals surface area contributed by atoms with Gasteiger partial charge in [-0.15, -0.1) is 0 Å². The Kier molecular flexibility index (Phi) is 3.95. The molecule has 0 aliphatic carbocycles. The maximum Gasteiger partial charge on any atom is 0.311 e. The van der Waals surface area contributed by atoms with E-state index in [0.29, 0.717) is 5.88 Å². The Labute approximate surface area is 116 Å². The third kappa shape index (κ3) is 3.10. The van der Waals surface area contributed by atoms with Crippen LogP contribution in [0.2, 0.25) is 0 Å². The zero-order valence-corrected chi connectivity index (χ0v) is 11.2. The summed E-state index contributed by atoms with van der Waals surface area (Å²) >= 11 is 0. The number of hydrogen-bond donors (Lipinski definition) is 1. The topological polar surface area (TPSA) is 91.3 Å². The number of aryl methyl sites for hydroxylation is 1. The molecule has 0 saturated heterocycles. The zero-order chi connectivity index (χ0) is 14.7. The minimum absolute atomic E-state index is 0.0892. The van der Waals surface area contributed by atoms with Crippen molar-refractivity contribution in [1.29, 1.82) is 0 Å². The van der Waals surface area contributed by atoms with E-state index in [1.807, 2.05) is 13.8 Å². The van der Waals surface area contributed by atoms with Crippen molar-refractivity contribution in [2.45, 2.75) is 19.9 Å². The molecule has 2 N–H and O–H groups in total. The van der Waals surface area contributed by atoms with Crippen molar-refractivity contribution in [1.82, 2.24) is 4.98 Å². The van der Waals surface area contributed by atoms with Gasteiger partial charge in [-0.1, -0.05) is 12.1 Å². The van der Waals surface area contributed by atoms with Crippen molar-refractivity contribution in [2.75, 3.05) is 0 Å². The Morgan fingerprint density at radius 2 is 2.10 bits per heavy atom. The van der Waals surface area contributed by atoms with Crippen molar-refractivity contribution in [3.05, 3.63) is 57.8 Å². The Morgan fingerprint density at radius 1 is 1.35 bits per heavy atom. The molecule has 2 rings (SSSR count). The van der Waals surface area contributed by atoms with E-state index in [9.17, 15) is 10.1 Å². The number of benzene rings is 1. The average molecular weight is 273 g/mol. The summed E-state index contributed by atoms with van der Waals surface area (Å²) in [6.45, 7) is 3.69. The van der Waals surface area contributed by atoms with Crippen molar-refractivity contribution >= 4 is 5.69 Å². The van der Waals surface area contributed by atoms with E-state index < -0.39 is 4.92 Å². The van der Waals surface area contributed by atoms with E-state index in [1.54, 1.807) is 30.5 Å². The van der Waals surface area contributed by atoms with E-state index in [2.05, 4.69) is 4.98 Å². The first-order valence-electron chi connectivity index (χ1n) is 6.12. The third-order valence-electron chi connectivity index (χ3n) is 2.81. The van der Waals surface area contributed by atoms with Gasteiger partial charge in [-0.05, 0) is 31.0 Å². The fraction of sp³-hybridized carbons (Fsp3) is 0.214. The second-order valence-electron chi connectivity index (χ2n) is 4.55. The molecule has 1 heterocycles. The minimum atomic E-state index is -0.481. The van der Waals surface area contributed by atoms with Gasteiger partial charge in [0.2, 0.25) is 11.6 Å². The van der Waals surface area contributed by atoms with Crippen molar-refractivity contribution in [3.63, 3.8) is 0 Å². The Balaban J connectivity index is 2.29. The fourth-order valence-electron chi connectivity index (χ4n) is 1.69. The highest BCUT2D eigenvalue weighted by Gasteiger charge is 2.16. The van der Waals surface area contributed by atoms with Crippen LogP contribution in [0.15, 0.2) is 36.5 Å². The molecule has 0 radical (unpaired) electrons. The normalized spacial score (nSPS) is 11.9. The summed E-state index contributed by atoms with van der Waals surface area (Å²) in [5.41, 5.74) is 7.39. The predicted molar refractivity (Wildman–Crippen MR) is 74.7 cm³/mol. The molecule has 0 saturated carbocycles. The molecule has 0 amide bonds. The van der Waals surface area contributed by atoms with E-state index >= 15 is 0 Å². The van der Waals surface area contributed by atoms with Crippen LogP contribution >= 0.6 is 0 Å². The van der Waals surface area contributed by atoms with Gasteiger partial charge in [-0.2, -0.15) is 0 Å². The Hall–Kier alpha value is -2.47. The molecule has 0 spiro atoms. The number of nitrogens with two attached hydrogens (primary N) is 1. The third-order valence-corrected chi connectivity index (χ3v) is 2.81. The molecule has 1 aromatic carbocycles. The smallest absolute Gasteiger partial charge is 0.311 e. The lowest BCUT2D eigenvalue weighted by Crippen LogP contribution is -2.05. The lowest BCUT2D eigenvalue weighted by molar-refractivity contribution is -0.385. The molecule has 1 aromatic heterocycles. The maximum atomic E-state index is 11.0. The molecule has 0 aliphatic rings. The Bertz CT molecular complexity index is 624. The Morgan fingerprint density at radius 3 is 2.65 bits per heavy atom. The van der Waals surface area contributed by atoms with E-state index in [0.717, 1.165) is 11.1 Å². The number of nitro benzene ring substituents is 1. The summed E-state index contributed by atoms with van der Waals surface area (Å²) in [5, 5.41) is 11.0. The fourth-order valence-corrected chi connectivity index (χ4v) is 1.69. The van der Waals surface area contributed by atoms with Crippen molar-refractivity contribution in [3.8, 4) is 11.6 Å². The average Bonchev–Trinajstić information content (AvgIpc) is 2.39. The second-order valence-corrected chi connectivity index (χ2v) is 4.55. The molecule has 0 fully saturated rings. The van der Waals surface area contributed by atoms with Gasteiger partial charge in [-0.25, -0.2) is 4.98 Å². The standard InChI is InChI=1S/C14H15N3O3/c1-9-3-5-12(17(18)19)13(7-9)20-14-6-4-11(8-16-14)10(2)15/h3-8,10H,15H2,1-2H3/t10-/m1/s1. The molecule has 0 aliphatic heterocycles. The van der Waals surface area contributed by atoms with E-state index in [4.69, 9.17) is 10.5 Å². The van der Waals surface area contributed by atoms with Gasteiger partial charge < -0.3 is 10.5 Å². The largest absolute Gasteiger partial charge is 0.432 e. The number of nitro groups is 1. The van der Waals surface area contributed by atoms with E-state index in [1.165, 1.54) is 6.07 Å². The molecule has 6 heteroatoms. The maximum absolute atomic E-state index is 11.0. The van der Waals surface area contributed by atoms with Crippen LogP contribution in [-0.4, -0.2) is 9.91 Å². The lowest BCUT2D eigenvalue weighted by atomic mass is 10.2. The molecule has 20 heavy (non-hydrogen) atoms. The van der Waals surface area contributed by atoms with Gasteiger partial charge in [0.15, 0.2) is 0 Å². The summed E-state index contributed by atoms with van der Waals surface area (Å²) in [7, 11) is 0. The number of nitrogens with zero attached hydrogens (tertiary/aromatic N) is 2. The molecule has 1 atom stereocenters. The van der Waals surface area contributed by atoms with Gasteiger partial charge in [-0.3, -0.25) is 10.1 Å². The van der Waals surface area contributed by atoms with Gasteiger partial charge >= 0.3 is 5.69 Å². The first-order valence-corrected chi connectivity index (χ1v) is 6.12. The highest BCUT2D eigenvalue weighted by atomic mass is 16.6. The SMILES string of the molecule is Cc1ccc([N+](=O)[O-])c(Oc2ccc([C@@H](C)N)cn2)c1. The number of rotatable bonds is 4. The molecular formula is C14H15N3O3. The van der Waals surface area contributed by atoms with Crippen LogP contribution in [-0.2, 0) is 0 Å². The summed E-state index contributed by atoms with van der Waals surface area (Å²) in [5.74, 6) is 0.471. The summed E-state index contributed by atoms with van der Waals surface area (Å²) < 4.78 is 5.49. The van der Waals surface area contributed by atoms with Crippen LogP contribution in [0.4, 0.5) is 5.69 Å². The highest BCUT2D eigenvalue weighted by Crippen LogP contribution is 2.31. The van der Waals surface area contributed by atoms with Crippen LogP contribution in [0, 0.1) is 17.0 Å². The number of ether oxygens (including phenoxy) is 1. The molecule has 0 bridgehead atoms. The van der Waals surface area contributed by atoms with Gasteiger partial charge in [0.1, 0.15) is 0 Å². The highest BCUT2D eigenvalue weighted by molar-refractivity contribution is 5.49. The van der Waals surface area contributed by atoms with Crippen molar-refractivity contribution in [2.24, 2.45) is 5.73 Å². The quantitative estimate of drug-likeness (QED) is 0.682. The van der Waals surface area contributed by atoms with Gasteiger partial charge in [0.25, 0.3) is 0 Å². The van der Waals surface area contributed by atoms with Crippen molar-refractivity contribution < 1.29 is 9.66 Å². The van der Waals surface area contributed by atoms with Gasteiger partial charge in [0, 0.05) is 24.4 Å². The van der Waals surface area contributed by atoms with Crippen LogP contribution in [0.25, 0.3) is 0 Å². The van der Waals surface area contributed by atoms with Crippen LogP contribution in [0.3, 0.4) is 0 Å². The second kappa shape index (κ2) is 5.66. The van der Waals surface area contributed by atoms with Crippen LogP contribution < -0.4 is 10.5 Å². The lowest BCUT2D eigenvalue weighted by Gasteiger charge is -2.08. The molecule has 2 aromatic rings. The molecule has 0 unspecified atom stereocenters. The molecular weight excluding hydrogens is 258 g/mol. The van der Waals surface area contributed by atoms with Crippen LogP contribution in [0.5, 0.6) is 11.6 Å².